The first-order valence-corrected chi connectivity index (χ1v) is 18.5. The number of hydrogen-bond acceptors (Lipinski definition) is 4. The maximum atomic E-state index is 10.8. The minimum Gasteiger partial charge on any atom is -0.454 e. The first-order valence-electron chi connectivity index (χ1n) is 18.5. The van der Waals surface area contributed by atoms with Crippen LogP contribution in [0.2, 0.25) is 0 Å². The van der Waals surface area contributed by atoms with E-state index in [0.717, 1.165) is 110 Å². The number of hydrogen-bond donors (Lipinski definition) is 0. The molecule has 0 amide bonds. The SMILES string of the molecule is N#Cc1cc(-c2cccc(C#N)c2-n2c3ccccc3c3ccc4c5ccccc5oc4c32)cc(-n2c3ccccc3c3ccc4c5ccccc5oc4c32)c1. The fourth-order valence-electron chi connectivity index (χ4n) is 9.03. The zero-order chi connectivity index (χ0) is 37.1. The molecule has 0 atom stereocenters. The van der Waals surface area contributed by atoms with Gasteiger partial charge in [0.15, 0.2) is 11.2 Å². The monoisotopic (exact) mass is 714 g/mol. The summed E-state index contributed by atoms with van der Waals surface area (Å²) < 4.78 is 17.7. The number of rotatable bonds is 3. The lowest BCUT2D eigenvalue weighted by molar-refractivity contribution is 0.670. The van der Waals surface area contributed by atoms with Crippen molar-refractivity contribution in [3.8, 4) is 34.6 Å². The fraction of sp³-hybridized carbons (Fsp3) is 0. The number of furan rings is 2. The van der Waals surface area contributed by atoms with E-state index in [-0.39, 0.29) is 0 Å². The van der Waals surface area contributed by atoms with Gasteiger partial charge < -0.3 is 18.0 Å². The molecule has 6 nitrogen and oxygen atoms in total. The summed E-state index contributed by atoms with van der Waals surface area (Å²) in [7, 11) is 0. The Morgan fingerprint density at radius 3 is 1.57 bits per heavy atom. The van der Waals surface area contributed by atoms with Crippen LogP contribution in [-0.2, 0) is 0 Å². The highest BCUT2D eigenvalue weighted by atomic mass is 16.3. The zero-order valence-electron chi connectivity index (χ0n) is 29.6. The van der Waals surface area contributed by atoms with E-state index in [0.29, 0.717) is 11.1 Å². The van der Waals surface area contributed by atoms with Gasteiger partial charge >= 0.3 is 0 Å². The Morgan fingerprint density at radius 1 is 0.429 bits per heavy atom. The lowest BCUT2D eigenvalue weighted by atomic mass is 9.97. The van der Waals surface area contributed by atoms with Crippen LogP contribution in [0.25, 0.3) is 110 Å². The maximum Gasteiger partial charge on any atom is 0.160 e. The van der Waals surface area contributed by atoms with Gasteiger partial charge in [0, 0.05) is 54.3 Å². The molecule has 12 rings (SSSR count). The molecule has 0 aliphatic heterocycles. The highest BCUT2D eigenvalue weighted by molar-refractivity contribution is 6.23. The van der Waals surface area contributed by atoms with E-state index >= 15 is 0 Å². The Morgan fingerprint density at radius 2 is 0.964 bits per heavy atom. The van der Waals surface area contributed by atoms with Gasteiger partial charge in [-0.15, -0.1) is 0 Å². The van der Waals surface area contributed by atoms with Gasteiger partial charge in [-0.3, -0.25) is 0 Å². The van der Waals surface area contributed by atoms with Crippen molar-refractivity contribution in [2.45, 2.75) is 0 Å². The van der Waals surface area contributed by atoms with Crippen LogP contribution in [0.3, 0.4) is 0 Å². The largest absolute Gasteiger partial charge is 0.454 e. The molecule has 56 heavy (non-hydrogen) atoms. The van der Waals surface area contributed by atoms with E-state index in [4.69, 9.17) is 8.83 Å². The number of para-hydroxylation sites is 5. The minimum absolute atomic E-state index is 0.496. The summed E-state index contributed by atoms with van der Waals surface area (Å²) in [4.78, 5) is 0. The van der Waals surface area contributed by atoms with Crippen LogP contribution in [0.15, 0.2) is 167 Å². The van der Waals surface area contributed by atoms with E-state index in [2.05, 4.69) is 94.1 Å². The van der Waals surface area contributed by atoms with Gasteiger partial charge in [-0.2, -0.15) is 10.5 Å². The molecule has 0 fully saturated rings. The number of aromatic nitrogens is 2. The van der Waals surface area contributed by atoms with Gasteiger partial charge in [0.25, 0.3) is 0 Å². The van der Waals surface area contributed by atoms with E-state index in [1.165, 1.54) is 0 Å². The molecular weight excluding hydrogens is 689 g/mol. The molecule has 4 aromatic heterocycles. The lowest BCUT2D eigenvalue weighted by Crippen LogP contribution is -2.02. The van der Waals surface area contributed by atoms with Crippen LogP contribution in [0.5, 0.6) is 0 Å². The number of nitrogens with zero attached hydrogens (tertiary/aromatic N) is 4. The molecule has 258 valence electrons. The Hall–Kier alpha value is -8.06. The van der Waals surface area contributed by atoms with Crippen LogP contribution in [0, 0.1) is 22.7 Å². The van der Waals surface area contributed by atoms with Crippen molar-refractivity contribution < 1.29 is 8.83 Å². The summed E-state index contributed by atoms with van der Waals surface area (Å²) >= 11 is 0. The summed E-state index contributed by atoms with van der Waals surface area (Å²) in [5.74, 6) is 0. The summed E-state index contributed by atoms with van der Waals surface area (Å²) in [6.07, 6.45) is 0. The Labute approximate surface area is 318 Å². The summed E-state index contributed by atoms with van der Waals surface area (Å²) in [6.45, 7) is 0. The first-order chi connectivity index (χ1) is 27.7. The topological polar surface area (TPSA) is 83.7 Å². The molecule has 0 radical (unpaired) electrons. The molecule has 0 aliphatic rings. The van der Waals surface area contributed by atoms with E-state index < -0.39 is 0 Å². The summed E-state index contributed by atoms with van der Waals surface area (Å²) in [5.41, 5.74) is 11.1. The number of benzene rings is 8. The smallest absolute Gasteiger partial charge is 0.160 e. The van der Waals surface area contributed by atoms with Gasteiger partial charge in [-0.05, 0) is 66.2 Å². The summed E-state index contributed by atoms with van der Waals surface area (Å²) in [5, 5.41) is 29.7. The molecule has 12 aromatic rings. The van der Waals surface area contributed by atoms with Crippen molar-refractivity contribution in [1.29, 1.82) is 10.5 Å². The van der Waals surface area contributed by atoms with Crippen molar-refractivity contribution in [2.24, 2.45) is 0 Å². The van der Waals surface area contributed by atoms with Crippen molar-refractivity contribution in [1.82, 2.24) is 9.13 Å². The Bertz CT molecular complexity index is 3750. The molecule has 0 bridgehead atoms. The Kier molecular flexibility index (Phi) is 6.10. The molecule has 0 spiro atoms. The predicted octanol–water partition coefficient (Wildman–Crippen LogP) is 13.1. The highest BCUT2D eigenvalue weighted by Gasteiger charge is 2.24. The van der Waals surface area contributed by atoms with Gasteiger partial charge in [0.1, 0.15) is 17.2 Å². The maximum absolute atomic E-state index is 10.8. The van der Waals surface area contributed by atoms with E-state index in [1.54, 1.807) is 0 Å². The third kappa shape index (κ3) is 4.02. The second kappa shape index (κ2) is 11.2. The van der Waals surface area contributed by atoms with Gasteiger partial charge in [-0.1, -0.05) is 97.1 Å². The average Bonchev–Trinajstić information content (AvgIpc) is 4.01. The van der Waals surface area contributed by atoms with Crippen LogP contribution in [-0.4, -0.2) is 9.13 Å². The van der Waals surface area contributed by atoms with Crippen molar-refractivity contribution in [3.05, 3.63) is 169 Å². The zero-order valence-corrected chi connectivity index (χ0v) is 29.6. The van der Waals surface area contributed by atoms with Crippen molar-refractivity contribution in [3.63, 3.8) is 0 Å². The third-order valence-electron chi connectivity index (χ3n) is 11.4. The highest BCUT2D eigenvalue weighted by Crippen LogP contribution is 2.45. The van der Waals surface area contributed by atoms with E-state index in [9.17, 15) is 10.5 Å². The van der Waals surface area contributed by atoms with Crippen molar-refractivity contribution >= 4 is 87.5 Å². The molecule has 0 aliphatic carbocycles. The van der Waals surface area contributed by atoms with Crippen molar-refractivity contribution in [2.75, 3.05) is 0 Å². The van der Waals surface area contributed by atoms with E-state index in [1.807, 2.05) is 84.9 Å². The molecule has 0 saturated heterocycles. The fourth-order valence-corrected chi connectivity index (χ4v) is 9.03. The lowest BCUT2D eigenvalue weighted by Gasteiger charge is -2.17. The van der Waals surface area contributed by atoms with Crippen LogP contribution in [0.4, 0.5) is 0 Å². The second-order valence-corrected chi connectivity index (χ2v) is 14.3. The Balaban J connectivity index is 1.20. The van der Waals surface area contributed by atoms with Crippen LogP contribution < -0.4 is 0 Å². The molecule has 8 aromatic carbocycles. The standard InChI is InChI=1S/C50H26N4O2/c51-27-29-24-31(26-32(25-29)53-42-16-5-1-11-34(42)38-20-22-40-36-13-3-7-18-44(36)55-49(40)47(38)53)33-15-9-10-30(28-52)46(33)54-43-17-6-2-12-35(43)39-21-23-41-37-14-4-8-19-45(37)56-50(41)48(39)54/h1-26H. The molecule has 6 heteroatoms. The molecule has 4 heterocycles. The quantitative estimate of drug-likeness (QED) is 0.182. The number of nitriles is 2. The van der Waals surface area contributed by atoms with Crippen LogP contribution in [0.1, 0.15) is 11.1 Å². The summed E-state index contributed by atoms with van der Waals surface area (Å²) in [6, 6.07) is 58.2. The predicted molar refractivity (Wildman–Crippen MR) is 225 cm³/mol. The average molecular weight is 715 g/mol. The first kappa shape index (κ1) is 30.4. The second-order valence-electron chi connectivity index (χ2n) is 14.3. The number of fused-ring (bicyclic) bond motifs is 14. The molecule has 0 saturated carbocycles. The van der Waals surface area contributed by atoms with Gasteiger partial charge in [0.2, 0.25) is 0 Å². The van der Waals surface area contributed by atoms with Gasteiger partial charge in [0.05, 0.1) is 45.0 Å². The minimum atomic E-state index is 0.496. The molecular formula is C50H26N4O2. The van der Waals surface area contributed by atoms with Crippen LogP contribution >= 0.6 is 0 Å². The molecule has 0 unspecified atom stereocenters. The van der Waals surface area contributed by atoms with Gasteiger partial charge in [-0.25, -0.2) is 0 Å². The third-order valence-corrected chi connectivity index (χ3v) is 11.4. The molecule has 0 N–H and O–H groups in total. The normalized spacial score (nSPS) is 11.9.